The molecule has 7 rings (SSSR count). The molecule has 0 spiro atoms. The van der Waals surface area contributed by atoms with E-state index in [9.17, 15) is 107 Å². The van der Waals surface area contributed by atoms with Gasteiger partial charge in [0.15, 0.2) is 0 Å². The molecule has 2 fully saturated rings. The number of aromatic hydroxyl groups is 1. The summed E-state index contributed by atoms with van der Waals surface area (Å²) in [6.07, 6.45) is 3.16. The van der Waals surface area contributed by atoms with Gasteiger partial charge in [0.05, 0.1) is 45.2 Å². The minimum absolute atomic E-state index is 0.0270. The number of aliphatic carboxylic acids is 2. The van der Waals surface area contributed by atoms with E-state index in [0.29, 0.717) is 46.1 Å². The third kappa shape index (κ3) is 27.0. The summed E-state index contributed by atoms with van der Waals surface area (Å²) in [6, 6.07) is -0.544. The molecular formula is C77H104N18O22S. The number of hydrogen-bond acceptors (Lipinski definition) is 23. The highest BCUT2D eigenvalue weighted by atomic mass is 32.1. The van der Waals surface area contributed by atoms with Gasteiger partial charge in [0.25, 0.3) is 0 Å². The Kier molecular flexibility index (Phi) is 35.4. The van der Waals surface area contributed by atoms with Crippen LogP contribution in [0, 0.1) is 11.8 Å². The van der Waals surface area contributed by atoms with Crippen LogP contribution in [0.1, 0.15) is 95.5 Å². The predicted octanol–water partition coefficient (Wildman–Crippen LogP) is -5.19. The Balaban J connectivity index is 0.971. The molecule has 14 atom stereocenters. The number of carbonyl (C=O) groups excluding carboxylic acids is 14. The number of carboxylic acids is 2. The summed E-state index contributed by atoms with van der Waals surface area (Å²) in [6.45, 7) is 4.05. The Hall–Kier alpha value is -12.1. The van der Waals surface area contributed by atoms with E-state index in [4.69, 9.17) is 5.73 Å². The second kappa shape index (κ2) is 44.9. The van der Waals surface area contributed by atoms with Crippen molar-refractivity contribution >= 4 is 118 Å². The number of imidazole rings is 1. The molecule has 0 bridgehead atoms. The lowest BCUT2D eigenvalue weighted by atomic mass is 9.99. The quantitative estimate of drug-likeness (QED) is 0.0162. The number of carboxylic acid groups (broad SMARTS) is 2. The molecule has 2 aliphatic heterocycles. The van der Waals surface area contributed by atoms with Crippen LogP contribution in [-0.4, -0.2) is 280 Å². The molecule has 40 nitrogen and oxygen atoms in total. The lowest BCUT2D eigenvalue weighted by Gasteiger charge is -2.29. The highest BCUT2D eigenvalue weighted by Crippen LogP contribution is 2.24. The zero-order valence-corrected chi connectivity index (χ0v) is 66.5. The molecule has 2 aliphatic rings. The number of phenols is 1. The molecule has 0 radical (unpaired) electrons. The topological polar surface area (TPSA) is 616 Å². The zero-order chi connectivity index (χ0) is 86.6. The maximum atomic E-state index is 14.5. The monoisotopic (exact) mass is 1660 g/mol. The van der Waals surface area contributed by atoms with Gasteiger partial charge < -0.3 is 120 Å². The number of rotatable bonds is 44. The van der Waals surface area contributed by atoms with Crippen LogP contribution in [0.25, 0.3) is 10.9 Å². The van der Waals surface area contributed by atoms with Crippen molar-refractivity contribution in [3.05, 3.63) is 120 Å². The SMILES string of the molecule is CC(C)C[C@H](NC(=O)[C@@H](NC(=O)[C@H](CO)NC(=O)[C@H](CO)NC(=O)[C@H](Cc1ccc(O)cc1)NC(=O)[C@H](CC(=O)O)NC(=O)[C@@H]1CCCN1C(=O)[C@H](C)N)C(C)C)C(=O)N[C@@H](Cc1cnc[nH]1)C(=O)N[C@@H](CS)C(=O)NCC(=O)N1CCC[C@H]1C(=O)N[C@@H](Cc1c[nH]c2ccccc12)C(=O)N[C@@H](CO)C(=O)N[C@@H](Cc1ccccc1)C(=O)O. The van der Waals surface area contributed by atoms with Gasteiger partial charge in [-0.25, -0.2) is 9.78 Å². The van der Waals surface area contributed by atoms with Crippen LogP contribution >= 0.6 is 12.6 Å². The number of para-hydroxylation sites is 1. The first-order valence-corrected chi connectivity index (χ1v) is 39.0. The van der Waals surface area contributed by atoms with Crippen molar-refractivity contribution in [2.45, 2.75) is 183 Å². The van der Waals surface area contributed by atoms with Crippen molar-refractivity contribution in [3.63, 3.8) is 0 Å². The smallest absolute Gasteiger partial charge is 0.326 e. The number of likely N-dealkylation sites (tertiary alicyclic amines) is 2. The number of nitrogens with one attached hydrogen (secondary N) is 14. The number of benzene rings is 3. The van der Waals surface area contributed by atoms with Gasteiger partial charge in [0.1, 0.15) is 84.3 Å². The molecule has 0 saturated carbocycles. The highest BCUT2D eigenvalue weighted by molar-refractivity contribution is 7.80. The number of nitrogens with zero attached hydrogens (tertiary/aromatic N) is 3. The number of phenolic OH excluding ortho intramolecular Hbond substituents is 1. The maximum absolute atomic E-state index is 14.5. The number of thiol groups is 1. The second-order valence-corrected chi connectivity index (χ2v) is 29.8. The minimum atomic E-state index is -1.95. The fourth-order valence-electron chi connectivity index (χ4n) is 13.3. The van der Waals surface area contributed by atoms with E-state index in [0.717, 1.165) is 0 Å². The van der Waals surface area contributed by atoms with Crippen LogP contribution < -0.4 is 69.5 Å². The Morgan fingerprint density at radius 3 is 1.51 bits per heavy atom. The summed E-state index contributed by atoms with van der Waals surface area (Å²) in [4.78, 5) is 232. The number of fused-ring (bicyclic) bond motifs is 1. The molecule has 41 heteroatoms. The standard InChI is InChI=1S/C77H104N18O22S/c1-39(2)25-49(87-75(114)63(40(3)4)93-72(111)57(36-98)91-71(110)56(35-97)89-66(105)50(26-43-19-21-46(99)22-20-43)83-69(108)53(30-62(101)102)86-74(113)60-18-12-24-95(60)76(115)41(5)78)65(104)84-52(29-45-32-79-38-82-45)68(107)92-58(37-118)64(103)81-33-61(100)94-23-11-17-59(94)73(112)85-51(28-44-31-80-48-16-10-9-15-47(44)48)67(106)90-55(34-96)70(109)88-54(77(116)117)27-42-13-7-6-8-14-42/h6-10,13-16,19-22,31-32,38-41,49-60,63,80,96-99,118H,11-12,17-18,23-30,33-37,78H2,1-5H3,(H,79,82)(H,81,103)(H,83,108)(H,84,104)(H,85,112)(H,86,113)(H,87,114)(H,88,109)(H,89,105)(H,90,106)(H,91,110)(H,92,107)(H,93,111)(H,101,102)(H,116,117)/t41-,49-,50-,51-,52-,53-,54-,55-,56-,57-,58-,59-,60-,63-/m0/s1. The molecule has 5 aromatic rings. The minimum Gasteiger partial charge on any atom is -0.508 e. The summed E-state index contributed by atoms with van der Waals surface area (Å²) in [5.41, 5.74) is 8.23. The van der Waals surface area contributed by atoms with Gasteiger partial charge in [-0.1, -0.05) is 88.4 Å². The molecule has 3 aromatic carbocycles. The molecule has 2 saturated heterocycles. The van der Waals surface area contributed by atoms with E-state index >= 15 is 0 Å². The van der Waals surface area contributed by atoms with Gasteiger partial charge in [-0.15, -0.1) is 0 Å². The molecule has 22 N–H and O–H groups in total. The fourth-order valence-corrected chi connectivity index (χ4v) is 13.6. The first-order chi connectivity index (χ1) is 56.1. The zero-order valence-electron chi connectivity index (χ0n) is 65.6. The molecule has 118 heavy (non-hydrogen) atoms. The lowest BCUT2D eigenvalue weighted by Crippen LogP contribution is -2.62. The number of carbonyl (C=O) groups is 16. The summed E-state index contributed by atoms with van der Waals surface area (Å²) in [5.74, 6) is -18.2. The molecular weight excluding hydrogens is 1560 g/mol. The first-order valence-electron chi connectivity index (χ1n) is 38.3. The molecule has 640 valence electrons. The average Bonchev–Trinajstić information content (AvgIpc) is 1.66. The Morgan fingerprint density at radius 1 is 0.508 bits per heavy atom. The van der Waals surface area contributed by atoms with Crippen LogP contribution in [-0.2, 0) is 102 Å². The molecule has 14 amide bonds. The first kappa shape index (κ1) is 93.1. The number of aromatic amines is 2. The Morgan fingerprint density at radius 2 is 0.975 bits per heavy atom. The van der Waals surface area contributed by atoms with E-state index in [1.165, 1.54) is 67.4 Å². The average molecular weight is 1670 g/mol. The van der Waals surface area contributed by atoms with Crippen LogP contribution in [0.3, 0.4) is 0 Å². The number of amides is 14. The number of H-pyrrole nitrogens is 2. The van der Waals surface area contributed by atoms with Crippen molar-refractivity contribution in [1.82, 2.24) is 88.6 Å². The summed E-state index contributed by atoms with van der Waals surface area (Å²) in [7, 11) is 0. The predicted molar refractivity (Wildman–Crippen MR) is 423 cm³/mol. The summed E-state index contributed by atoms with van der Waals surface area (Å²) in [5, 5.41) is 91.1. The summed E-state index contributed by atoms with van der Waals surface area (Å²) >= 11 is 4.30. The molecule has 4 heterocycles. The number of hydrogen-bond donors (Lipinski definition) is 22. The number of aliphatic hydroxyl groups is 3. The Bertz CT molecular complexity index is 4360. The largest absolute Gasteiger partial charge is 0.508 e. The van der Waals surface area contributed by atoms with Gasteiger partial charge in [0, 0.05) is 73.5 Å². The van der Waals surface area contributed by atoms with E-state index < -0.39 is 224 Å². The maximum Gasteiger partial charge on any atom is 0.326 e. The van der Waals surface area contributed by atoms with Gasteiger partial charge in [-0.3, -0.25) is 71.9 Å². The van der Waals surface area contributed by atoms with Gasteiger partial charge in [-0.2, -0.15) is 12.6 Å². The van der Waals surface area contributed by atoms with Crippen molar-refractivity contribution in [2.75, 3.05) is 45.2 Å². The molecule has 0 unspecified atom stereocenters. The van der Waals surface area contributed by atoms with Gasteiger partial charge >= 0.3 is 11.9 Å². The highest BCUT2D eigenvalue weighted by Gasteiger charge is 2.42. The van der Waals surface area contributed by atoms with Crippen molar-refractivity contribution in [2.24, 2.45) is 17.6 Å². The van der Waals surface area contributed by atoms with Crippen LogP contribution in [0.4, 0.5) is 0 Å². The van der Waals surface area contributed by atoms with Crippen molar-refractivity contribution in [3.8, 4) is 5.75 Å². The normalized spacial score (nSPS) is 16.9. The van der Waals surface area contributed by atoms with E-state index in [1.807, 2.05) is 0 Å². The van der Waals surface area contributed by atoms with Crippen LogP contribution in [0.5, 0.6) is 5.75 Å². The lowest BCUT2D eigenvalue weighted by molar-refractivity contribution is -0.143. The van der Waals surface area contributed by atoms with E-state index in [-0.39, 0.29) is 69.0 Å². The number of aromatic nitrogens is 3. The number of nitrogens with two attached hydrogens (primary N) is 1. The fraction of sp³-hybridized carbons (Fsp3) is 0.494. The van der Waals surface area contributed by atoms with Crippen molar-refractivity contribution < 1.29 is 107 Å². The van der Waals surface area contributed by atoms with Gasteiger partial charge in [-0.05, 0) is 85.8 Å². The third-order valence-electron chi connectivity index (χ3n) is 19.6. The van der Waals surface area contributed by atoms with Gasteiger partial charge in [0.2, 0.25) is 82.7 Å². The van der Waals surface area contributed by atoms with E-state index in [1.54, 1.807) is 74.6 Å². The summed E-state index contributed by atoms with van der Waals surface area (Å²) < 4.78 is 0. The molecule has 0 aliphatic carbocycles. The van der Waals surface area contributed by atoms with Crippen LogP contribution in [0.2, 0.25) is 0 Å². The van der Waals surface area contributed by atoms with E-state index in [2.05, 4.69) is 91.4 Å². The second-order valence-electron chi connectivity index (χ2n) is 29.5. The van der Waals surface area contributed by atoms with Crippen LogP contribution in [0.15, 0.2) is 97.6 Å². The molecule has 2 aromatic heterocycles. The van der Waals surface area contributed by atoms with Crippen molar-refractivity contribution in [1.29, 1.82) is 0 Å². The Labute approximate surface area is 683 Å². The number of aliphatic hydroxyl groups excluding tert-OH is 3. The third-order valence-corrected chi connectivity index (χ3v) is 20.0.